The largest absolute Gasteiger partial charge is 0.318 e. The van der Waals surface area contributed by atoms with Crippen LogP contribution in [0.5, 0.6) is 0 Å². The number of nitrogens with zero attached hydrogens (tertiary/aromatic N) is 3. The minimum atomic E-state index is 0.924. The first-order valence-corrected chi connectivity index (χ1v) is 6.68. The van der Waals surface area contributed by atoms with E-state index in [9.17, 15) is 0 Å². The Morgan fingerprint density at radius 1 is 1.17 bits per heavy atom. The standard InChI is InChI=1S/C14H17N3S/c1-10(2)15-16-14-17(4)13(11(3)18-14)12-8-6-5-7-9-12/h5-9H,1-4H3/b16-14+. The lowest BCUT2D eigenvalue weighted by Crippen LogP contribution is -2.10. The zero-order chi connectivity index (χ0) is 13.1. The van der Waals surface area contributed by atoms with Gasteiger partial charge in [-0.15, -0.1) is 5.10 Å². The van der Waals surface area contributed by atoms with Crippen LogP contribution in [0.2, 0.25) is 0 Å². The highest BCUT2D eigenvalue weighted by Crippen LogP contribution is 2.23. The van der Waals surface area contributed by atoms with Crippen molar-refractivity contribution >= 4 is 17.0 Å². The Morgan fingerprint density at radius 3 is 2.44 bits per heavy atom. The molecule has 18 heavy (non-hydrogen) atoms. The lowest BCUT2D eigenvalue weighted by molar-refractivity contribution is 0.860. The highest BCUT2D eigenvalue weighted by Gasteiger charge is 2.09. The molecule has 4 heteroatoms. The van der Waals surface area contributed by atoms with Crippen LogP contribution in [0.4, 0.5) is 0 Å². The van der Waals surface area contributed by atoms with Gasteiger partial charge in [-0.2, -0.15) is 5.10 Å². The van der Waals surface area contributed by atoms with E-state index in [0.717, 1.165) is 10.5 Å². The molecular weight excluding hydrogens is 242 g/mol. The summed E-state index contributed by atoms with van der Waals surface area (Å²) in [4.78, 5) is 2.18. The van der Waals surface area contributed by atoms with Gasteiger partial charge in [0.1, 0.15) is 0 Å². The number of aryl methyl sites for hydroxylation is 1. The number of aromatic nitrogens is 1. The molecule has 0 saturated heterocycles. The maximum absolute atomic E-state index is 4.28. The van der Waals surface area contributed by atoms with E-state index in [0.29, 0.717) is 0 Å². The number of rotatable bonds is 2. The lowest BCUT2D eigenvalue weighted by atomic mass is 10.1. The average molecular weight is 259 g/mol. The SMILES string of the molecule is CC(C)=N/N=c1/sc(C)c(-c2ccccc2)n1C. The molecule has 0 aliphatic carbocycles. The first-order valence-electron chi connectivity index (χ1n) is 5.86. The van der Waals surface area contributed by atoms with Gasteiger partial charge in [-0.3, -0.25) is 0 Å². The van der Waals surface area contributed by atoms with Gasteiger partial charge in [-0.25, -0.2) is 0 Å². The molecule has 2 aromatic rings. The van der Waals surface area contributed by atoms with E-state index in [1.54, 1.807) is 11.3 Å². The second kappa shape index (κ2) is 5.31. The predicted octanol–water partition coefficient (Wildman–Crippen LogP) is 3.36. The summed E-state index contributed by atoms with van der Waals surface area (Å²) < 4.78 is 2.10. The average Bonchev–Trinajstić information content (AvgIpc) is 2.63. The maximum Gasteiger partial charge on any atom is 0.211 e. The van der Waals surface area contributed by atoms with Gasteiger partial charge in [0.2, 0.25) is 4.80 Å². The Kier molecular flexibility index (Phi) is 3.77. The van der Waals surface area contributed by atoms with Crippen molar-refractivity contribution in [2.45, 2.75) is 20.8 Å². The summed E-state index contributed by atoms with van der Waals surface area (Å²) in [6.07, 6.45) is 0. The molecular formula is C14H17N3S. The summed E-state index contributed by atoms with van der Waals surface area (Å²) >= 11 is 1.67. The van der Waals surface area contributed by atoms with Crippen LogP contribution in [-0.2, 0) is 7.05 Å². The zero-order valence-electron chi connectivity index (χ0n) is 11.1. The van der Waals surface area contributed by atoms with E-state index >= 15 is 0 Å². The molecule has 0 unspecified atom stereocenters. The summed E-state index contributed by atoms with van der Waals surface area (Å²) in [6.45, 7) is 6.01. The van der Waals surface area contributed by atoms with Crippen molar-refractivity contribution in [3.63, 3.8) is 0 Å². The Labute approximate surface area is 111 Å². The first kappa shape index (κ1) is 12.8. The van der Waals surface area contributed by atoms with Crippen LogP contribution in [0, 0.1) is 6.92 Å². The minimum absolute atomic E-state index is 0.924. The Bertz CT molecular complexity index is 629. The number of hydrogen-bond acceptors (Lipinski definition) is 3. The molecule has 0 amide bonds. The first-order chi connectivity index (χ1) is 8.59. The quantitative estimate of drug-likeness (QED) is 0.585. The van der Waals surface area contributed by atoms with E-state index in [-0.39, 0.29) is 0 Å². The fraction of sp³-hybridized carbons (Fsp3) is 0.286. The van der Waals surface area contributed by atoms with Crippen molar-refractivity contribution in [3.8, 4) is 11.3 Å². The molecule has 1 aromatic carbocycles. The highest BCUT2D eigenvalue weighted by atomic mass is 32.1. The molecule has 0 bridgehead atoms. The molecule has 0 aliphatic heterocycles. The van der Waals surface area contributed by atoms with Crippen molar-refractivity contribution in [1.82, 2.24) is 4.57 Å². The van der Waals surface area contributed by atoms with Gasteiger partial charge in [0, 0.05) is 17.6 Å². The second-order valence-electron chi connectivity index (χ2n) is 4.36. The molecule has 3 nitrogen and oxygen atoms in total. The fourth-order valence-corrected chi connectivity index (χ4v) is 2.74. The smallest absolute Gasteiger partial charge is 0.211 e. The van der Waals surface area contributed by atoms with Gasteiger partial charge >= 0.3 is 0 Å². The summed E-state index contributed by atoms with van der Waals surface area (Å²) in [7, 11) is 2.03. The van der Waals surface area contributed by atoms with Crippen LogP contribution >= 0.6 is 11.3 Å². The normalized spacial score (nSPS) is 11.7. The van der Waals surface area contributed by atoms with Crippen LogP contribution in [0.15, 0.2) is 40.5 Å². The number of thiazole rings is 1. The lowest BCUT2D eigenvalue weighted by Gasteiger charge is -2.03. The molecule has 0 spiro atoms. The van der Waals surface area contributed by atoms with E-state index in [1.807, 2.05) is 27.0 Å². The van der Waals surface area contributed by atoms with Crippen molar-refractivity contribution < 1.29 is 0 Å². The van der Waals surface area contributed by atoms with Crippen molar-refractivity contribution in [2.24, 2.45) is 17.3 Å². The Balaban J connectivity index is 2.59. The molecule has 0 aliphatic rings. The van der Waals surface area contributed by atoms with Gasteiger partial charge in [-0.05, 0) is 26.3 Å². The van der Waals surface area contributed by atoms with Crippen molar-refractivity contribution in [2.75, 3.05) is 0 Å². The van der Waals surface area contributed by atoms with Gasteiger partial charge in [0.25, 0.3) is 0 Å². The summed E-state index contributed by atoms with van der Waals surface area (Å²) in [5, 5.41) is 8.42. The van der Waals surface area contributed by atoms with Gasteiger partial charge in [0.15, 0.2) is 0 Å². The van der Waals surface area contributed by atoms with Crippen LogP contribution < -0.4 is 4.80 Å². The number of hydrogen-bond donors (Lipinski definition) is 0. The molecule has 1 heterocycles. The number of benzene rings is 1. The van der Waals surface area contributed by atoms with Crippen LogP contribution in [-0.4, -0.2) is 10.3 Å². The molecule has 0 saturated carbocycles. The van der Waals surface area contributed by atoms with E-state index in [2.05, 4.69) is 46.0 Å². The van der Waals surface area contributed by atoms with Crippen LogP contribution in [0.1, 0.15) is 18.7 Å². The molecule has 0 fully saturated rings. The van der Waals surface area contributed by atoms with E-state index in [4.69, 9.17) is 0 Å². The molecule has 0 N–H and O–H groups in total. The third-order valence-electron chi connectivity index (χ3n) is 2.58. The molecule has 2 rings (SSSR count). The predicted molar refractivity (Wildman–Crippen MR) is 77.8 cm³/mol. The zero-order valence-corrected chi connectivity index (χ0v) is 12.0. The van der Waals surface area contributed by atoms with Gasteiger partial charge in [-0.1, -0.05) is 41.7 Å². The monoisotopic (exact) mass is 259 g/mol. The van der Waals surface area contributed by atoms with Crippen LogP contribution in [0.25, 0.3) is 11.3 Å². The third kappa shape index (κ3) is 2.59. The summed E-state index contributed by atoms with van der Waals surface area (Å²) in [6, 6.07) is 10.4. The Morgan fingerprint density at radius 2 is 1.83 bits per heavy atom. The molecule has 1 aromatic heterocycles. The van der Waals surface area contributed by atoms with Crippen molar-refractivity contribution in [3.05, 3.63) is 40.0 Å². The summed E-state index contributed by atoms with van der Waals surface area (Å²) in [5.41, 5.74) is 3.39. The van der Waals surface area contributed by atoms with E-state index in [1.165, 1.54) is 16.1 Å². The molecule has 0 atom stereocenters. The molecule has 94 valence electrons. The van der Waals surface area contributed by atoms with E-state index < -0.39 is 0 Å². The van der Waals surface area contributed by atoms with Gasteiger partial charge in [0.05, 0.1) is 5.69 Å². The highest BCUT2D eigenvalue weighted by molar-refractivity contribution is 7.09. The topological polar surface area (TPSA) is 29.6 Å². The van der Waals surface area contributed by atoms with Crippen LogP contribution in [0.3, 0.4) is 0 Å². The molecule has 0 radical (unpaired) electrons. The van der Waals surface area contributed by atoms with Crippen molar-refractivity contribution in [1.29, 1.82) is 0 Å². The third-order valence-corrected chi connectivity index (χ3v) is 3.62. The minimum Gasteiger partial charge on any atom is -0.318 e. The maximum atomic E-state index is 4.28. The fourth-order valence-electron chi connectivity index (χ4n) is 1.81. The van der Waals surface area contributed by atoms with Gasteiger partial charge < -0.3 is 4.57 Å². The summed E-state index contributed by atoms with van der Waals surface area (Å²) in [5.74, 6) is 0. The second-order valence-corrected chi connectivity index (χ2v) is 5.54. The Hall–Kier alpha value is -1.68.